The number of alkyl halides is 1. The van der Waals surface area contributed by atoms with Gasteiger partial charge in [0.1, 0.15) is 0 Å². The molecule has 0 aliphatic carbocycles. The van der Waals surface area contributed by atoms with Crippen molar-refractivity contribution in [2.24, 2.45) is 0 Å². The molecule has 0 amide bonds. The summed E-state index contributed by atoms with van der Waals surface area (Å²) < 4.78 is 0. The third kappa shape index (κ3) is 2.85. The van der Waals surface area contributed by atoms with Crippen molar-refractivity contribution in [3.05, 3.63) is 11.1 Å². The van der Waals surface area contributed by atoms with E-state index in [0.717, 1.165) is 18.1 Å². The fourth-order valence-electron chi connectivity index (χ4n) is 1.26. The number of rotatable bonds is 5. The van der Waals surface area contributed by atoms with Gasteiger partial charge in [0.05, 0.1) is 5.69 Å². The maximum Gasteiger partial charge on any atom is 0.185 e. The SMILES string of the molecule is CCc1csc(N(CCCl)C(C)C)n1. The fraction of sp³-hybridized carbons (Fsp3) is 0.700. The molecule has 0 aliphatic heterocycles. The normalized spacial score (nSPS) is 10.9. The van der Waals surface area contributed by atoms with Crippen LogP contribution >= 0.6 is 22.9 Å². The summed E-state index contributed by atoms with van der Waals surface area (Å²) in [4.78, 5) is 6.80. The van der Waals surface area contributed by atoms with Crippen LogP contribution in [0.4, 0.5) is 5.13 Å². The van der Waals surface area contributed by atoms with Crippen molar-refractivity contribution in [3.63, 3.8) is 0 Å². The Morgan fingerprint density at radius 2 is 2.29 bits per heavy atom. The number of hydrogen-bond acceptors (Lipinski definition) is 3. The summed E-state index contributed by atoms with van der Waals surface area (Å²) >= 11 is 7.47. The Morgan fingerprint density at radius 1 is 1.57 bits per heavy atom. The molecule has 0 fully saturated rings. The molecule has 0 atom stereocenters. The van der Waals surface area contributed by atoms with E-state index in [-0.39, 0.29) is 0 Å². The molecule has 0 saturated carbocycles. The Kier molecular flexibility index (Phi) is 4.69. The molecule has 0 aliphatic rings. The Balaban J connectivity index is 2.76. The second kappa shape index (κ2) is 5.56. The van der Waals surface area contributed by atoms with Crippen molar-refractivity contribution in [2.45, 2.75) is 33.2 Å². The van der Waals surface area contributed by atoms with Crippen LogP contribution in [0, 0.1) is 0 Å². The minimum Gasteiger partial charge on any atom is -0.344 e. The van der Waals surface area contributed by atoms with E-state index in [1.807, 2.05) is 0 Å². The molecule has 1 rings (SSSR count). The summed E-state index contributed by atoms with van der Waals surface area (Å²) in [6.45, 7) is 7.33. The lowest BCUT2D eigenvalue weighted by Gasteiger charge is -2.24. The number of aryl methyl sites for hydroxylation is 1. The smallest absolute Gasteiger partial charge is 0.185 e. The van der Waals surface area contributed by atoms with Gasteiger partial charge in [-0.15, -0.1) is 22.9 Å². The standard InChI is InChI=1S/C10H17ClN2S/c1-4-9-7-14-10(12-9)13(6-5-11)8(2)3/h7-8H,4-6H2,1-3H3. The average Bonchev–Trinajstić information content (AvgIpc) is 2.61. The summed E-state index contributed by atoms with van der Waals surface area (Å²) in [5.74, 6) is 0.652. The largest absolute Gasteiger partial charge is 0.344 e. The molecule has 2 nitrogen and oxygen atoms in total. The van der Waals surface area contributed by atoms with Crippen LogP contribution in [0.15, 0.2) is 5.38 Å². The average molecular weight is 233 g/mol. The quantitative estimate of drug-likeness (QED) is 0.725. The van der Waals surface area contributed by atoms with E-state index in [1.54, 1.807) is 11.3 Å². The van der Waals surface area contributed by atoms with Gasteiger partial charge in [0.15, 0.2) is 5.13 Å². The van der Waals surface area contributed by atoms with E-state index in [0.29, 0.717) is 11.9 Å². The Hall–Kier alpha value is -0.280. The summed E-state index contributed by atoms with van der Waals surface area (Å²) in [6, 6.07) is 0.463. The highest BCUT2D eigenvalue weighted by Gasteiger charge is 2.13. The number of halogens is 1. The topological polar surface area (TPSA) is 16.1 Å². The van der Waals surface area contributed by atoms with E-state index in [2.05, 4.69) is 36.0 Å². The van der Waals surface area contributed by atoms with Gasteiger partial charge in [-0.25, -0.2) is 4.98 Å². The number of nitrogens with zero attached hydrogens (tertiary/aromatic N) is 2. The van der Waals surface area contributed by atoms with Gasteiger partial charge in [-0.2, -0.15) is 0 Å². The summed E-state index contributed by atoms with van der Waals surface area (Å²) in [5, 5.41) is 3.22. The zero-order chi connectivity index (χ0) is 10.6. The second-order valence-electron chi connectivity index (χ2n) is 3.45. The third-order valence-corrected chi connectivity index (χ3v) is 3.19. The van der Waals surface area contributed by atoms with Gasteiger partial charge < -0.3 is 4.90 Å². The first kappa shape index (κ1) is 11.8. The highest BCUT2D eigenvalue weighted by Crippen LogP contribution is 2.22. The summed E-state index contributed by atoms with van der Waals surface area (Å²) in [7, 11) is 0. The van der Waals surface area contributed by atoms with Crippen molar-refractivity contribution >= 4 is 28.1 Å². The van der Waals surface area contributed by atoms with Gasteiger partial charge in [0.2, 0.25) is 0 Å². The van der Waals surface area contributed by atoms with Crippen LogP contribution < -0.4 is 4.90 Å². The van der Waals surface area contributed by atoms with E-state index in [4.69, 9.17) is 11.6 Å². The van der Waals surface area contributed by atoms with Gasteiger partial charge in [-0.1, -0.05) is 6.92 Å². The van der Waals surface area contributed by atoms with Gasteiger partial charge in [-0.3, -0.25) is 0 Å². The van der Waals surface area contributed by atoms with Crippen LogP contribution in [0.5, 0.6) is 0 Å². The first-order valence-corrected chi connectivity index (χ1v) is 6.37. The first-order valence-electron chi connectivity index (χ1n) is 4.96. The fourth-order valence-corrected chi connectivity index (χ4v) is 2.51. The lowest BCUT2D eigenvalue weighted by atomic mass is 10.3. The Morgan fingerprint density at radius 3 is 2.71 bits per heavy atom. The molecular formula is C10H17ClN2S. The highest BCUT2D eigenvalue weighted by molar-refractivity contribution is 7.13. The second-order valence-corrected chi connectivity index (χ2v) is 4.67. The predicted octanol–water partition coefficient (Wildman–Crippen LogP) is 3.16. The molecule has 0 aromatic carbocycles. The van der Waals surface area contributed by atoms with Crippen LogP contribution in [0.2, 0.25) is 0 Å². The summed E-state index contributed by atoms with van der Waals surface area (Å²) in [5.41, 5.74) is 1.17. The van der Waals surface area contributed by atoms with E-state index < -0.39 is 0 Å². The zero-order valence-electron chi connectivity index (χ0n) is 8.96. The number of hydrogen-bond donors (Lipinski definition) is 0. The van der Waals surface area contributed by atoms with Crippen LogP contribution in [0.1, 0.15) is 26.5 Å². The highest BCUT2D eigenvalue weighted by atomic mass is 35.5. The molecule has 0 saturated heterocycles. The minimum atomic E-state index is 0.463. The molecule has 0 unspecified atom stereocenters. The third-order valence-electron chi connectivity index (χ3n) is 2.10. The molecular weight excluding hydrogens is 216 g/mol. The molecule has 1 aromatic rings. The Bertz CT molecular complexity index is 273. The van der Waals surface area contributed by atoms with Gasteiger partial charge in [-0.05, 0) is 20.3 Å². The van der Waals surface area contributed by atoms with Crippen molar-refractivity contribution in [1.29, 1.82) is 0 Å². The molecule has 0 spiro atoms. The van der Waals surface area contributed by atoms with Crippen molar-refractivity contribution in [2.75, 3.05) is 17.3 Å². The van der Waals surface area contributed by atoms with Crippen LogP contribution in [0.3, 0.4) is 0 Å². The van der Waals surface area contributed by atoms with Crippen molar-refractivity contribution in [1.82, 2.24) is 4.98 Å². The predicted molar refractivity (Wildman–Crippen MR) is 64.7 cm³/mol. The molecule has 1 aromatic heterocycles. The molecule has 14 heavy (non-hydrogen) atoms. The van der Waals surface area contributed by atoms with Crippen molar-refractivity contribution < 1.29 is 0 Å². The van der Waals surface area contributed by atoms with Crippen LogP contribution in [-0.4, -0.2) is 23.5 Å². The van der Waals surface area contributed by atoms with Crippen LogP contribution in [0.25, 0.3) is 0 Å². The minimum absolute atomic E-state index is 0.463. The maximum absolute atomic E-state index is 5.77. The number of thiazole rings is 1. The summed E-state index contributed by atoms with van der Waals surface area (Å²) in [6.07, 6.45) is 1.00. The van der Waals surface area contributed by atoms with E-state index in [9.17, 15) is 0 Å². The molecule has 4 heteroatoms. The van der Waals surface area contributed by atoms with Gasteiger partial charge >= 0.3 is 0 Å². The first-order chi connectivity index (χ1) is 6.69. The molecule has 0 bridgehead atoms. The monoisotopic (exact) mass is 232 g/mol. The maximum atomic E-state index is 5.77. The van der Waals surface area contributed by atoms with E-state index in [1.165, 1.54) is 5.69 Å². The number of anilines is 1. The molecule has 1 heterocycles. The molecule has 0 radical (unpaired) electrons. The molecule has 80 valence electrons. The lowest BCUT2D eigenvalue weighted by molar-refractivity contribution is 0.701. The van der Waals surface area contributed by atoms with Gasteiger partial charge in [0.25, 0.3) is 0 Å². The molecule has 0 N–H and O–H groups in total. The lowest BCUT2D eigenvalue weighted by Crippen LogP contribution is -2.32. The van der Waals surface area contributed by atoms with Gasteiger partial charge in [0, 0.05) is 23.8 Å². The van der Waals surface area contributed by atoms with E-state index >= 15 is 0 Å². The zero-order valence-corrected chi connectivity index (χ0v) is 10.5. The van der Waals surface area contributed by atoms with Crippen LogP contribution in [-0.2, 0) is 6.42 Å². The number of aromatic nitrogens is 1. The van der Waals surface area contributed by atoms with Crippen molar-refractivity contribution in [3.8, 4) is 0 Å². The Labute approximate surface area is 94.9 Å².